The molecule has 2 aromatic rings. The van der Waals surface area contributed by atoms with Crippen LogP contribution in [0.3, 0.4) is 0 Å². The molecule has 0 saturated heterocycles. The normalized spacial score (nSPS) is 10.4. The summed E-state index contributed by atoms with van der Waals surface area (Å²) < 4.78 is 0.921. The monoisotopic (exact) mass is 341 g/mol. The van der Waals surface area contributed by atoms with E-state index >= 15 is 0 Å². The average molecular weight is 342 g/mol. The third-order valence-electron chi connectivity index (χ3n) is 2.54. The summed E-state index contributed by atoms with van der Waals surface area (Å²) in [7, 11) is 1.80. The van der Waals surface area contributed by atoms with Crippen LogP contribution in [0.25, 0.3) is 0 Å². The number of amides is 1. The van der Waals surface area contributed by atoms with E-state index in [9.17, 15) is 4.79 Å². The van der Waals surface area contributed by atoms with E-state index in [0.29, 0.717) is 17.0 Å². The number of hydrogen-bond donors (Lipinski definition) is 1. The van der Waals surface area contributed by atoms with Gasteiger partial charge < -0.3 is 4.90 Å². The predicted molar refractivity (Wildman–Crippen MR) is 81.5 cm³/mol. The molecule has 0 spiro atoms. The van der Waals surface area contributed by atoms with Crippen molar-refractivity contribution < 1.29 is 4.79 Å². The smallest absolute Gasteiger partial charge is 0.255 e. The maximum atomic E-state index is 12.3. The molecule has 18 heavy (non-hydrogen) atoms. The van der Waals surface area contributed by atoms with Gasteiger partial charge in [0.2, 0.25) is 0 Å². The maximum Gasteiger partial charge on any atom is 0.255 e. The number of carbonyl (C=O) groups is 1. The number of rotatable bonds is 3. The first kappa shape index (κ1) is 13.6. The number of benzene rings is 1. The van der Waals surface area contributed by atoms with Crippen LogP contribution < -0.4 is 0 Å². The van der Waals surface area contributed by atoms with Gasteiger partial charge in [0.25, 0.3) is 5.91 Å². The van der Waals surface area contributed by atoms with E-state index in [1.807, 2.05) is 29.0 Å². The van der Waals surface area contributed by atoms with Crippen LogP contribution >= 0.6 is 39.9 Å². The minimum absolute atomic E-state index is 0.0151. The molecule has 0 unspecified atom stereocenters. The second kappa shape index (κ2) is 5.91. The van der Waals surface area contributed by atoms with Gasteiger partial charge in [-0.2, -0.15) is 11.3 Å². The fourth-order valence-corrected chi connectivity index (χ4v) is 3.13. The quantitative estimate of drug-likeness (QED) is 0.834. The largest absolute Gasteiger partial charge is 0.337 e. The van der Waals surface area contributed by atoms with E-state index in [-0.39, 0.29) is 5.91 Å². The van der Waals surface area contributed by atoms with Gasteiger partial charge in [-0.1, -0.05) is 15.9 Å². The van der Waals surface area contributed by atoms with E-state index in [2.05, 4.69) is 28.6 Å². The molecule has 2 nitrogen and oxygen atoms in total. The first-order chi connectivity index (χ1) is 8.58. The Kier molecular flexibility index (Phi) is 4.48. The number of carbonyl (C=O) groups excluding carboxylic acids is 1. The Morgan fingerprint density at radius 2 is 2.22 bits per heavy atom. The highest BCUT2D eigenvalue weighted by Crippen LogP contribution is 2.21. The fourth-order valence-electron chi connectivity index (χ4n) is 1.62. The second-order valence-corrected chi connectivity index (χ2v) is 6.13. The lowest BCUT2D eigenvalue weighted by atomic mass is 10.2. The molecule has 2 rings (SSSR count). The minimum Gasteiger partial charge on any atom is -0.337 e. The summed E-state index contributed by atoms with van der Waals surface area (Å²) in [6.45, 7) is 0.617. The molecule has 94 valence electrons. The van der Waals surface area contributed by atoms with Crippen LogP contribution in [0.1, 0.15) is 15.9 Å². The average Bonchev–Trinajstić information content (AvgIpc) is 2.81. The highest BCUT2D eigenvalue weighted by Gasteiger charge is 2.15. The van der Waals surface area contributed by atoms with Gasteiger partial charge in [0.05, 0.1) is 5.56 Å². The van der Waals surface area contributed by atoms with Gasteiger partial charge in [-0.3, -0.25) is 4.79 Å². The molecule has 0 aliphatic rings. The summed E-state index contributed by atoms with van der Waals surface area (Å²) in [6.07, 6.45) is 0. The van der Waals surface area contributed by atoms with Crippen LogP contribution in [0.4, 0.5) is 0 Å². The van der Waals surface area contributed by atoms with Crippen LogP contribution in [0, 0.1) is 0 Å². The van der Waals surface area contributed by atoms with Crippen molar-refractivity contribution in [3.05, 3.63) is 50.6 Å². The standard InChI is InChI=1S/C13H12BrNOS2/c1-15(7-9-4-5-18-8-9)13(16)11-3-2-10(14)6-12(11)17/h2-6,8,17H,7H2,1H3. The zero-order valence-electron chi connectivity index (χ0n) is 9.76. The van der Waals surface area contributed by atoms with Crippen molar-refractivity contribution >= 4 is 45.8 Å². The van der Waals surface area contributed by atoms with E-state index in [4.69, 9.17) is 0 Å². The Morgan fingerprint density at radius 1 is 1.44 bits per heavy atom. The SMILES string of the molecule is CN(Cc1ccsc1)C(=O)c1ccc(Br)cc1S. The Balaban J connectivity index is 2.15. The molecule has 0 bridgehead atoms. The van der Waals surface area contributed by atoms with Crippen molar-refractivity contribution in [2.24, 2.45) is 0 Å². The Bertz CT molecular complexity index is 554. The summed E-state index contributed by atoms with van der Waals surface area (Å²) in [4.78, 5) is 14.7. The van der Waals surface area contributed by atoms with Crippen molar-refractivity contribution in [3.8, 4) is 0 Å². The molecule has 1 heterocycles. The Labute approximate surface area is 124 Å². The highest BCUT2D eigenvalue weighted by atomic mass is 79.9. The number of hydrogen-bond acceptors (Lipinski definition) is 3. The molecule has 5 heteroatoms. The summed E-state index contributed by atoms with van der Waals surface area (Å²) in [5, 5.41) is 4.06. The summed E-state index contributed by atoms with van der Waals surface area (Å²) >= 11 is 9.33. The van der Waals surface area contributed by atoms with Crippen molar-refractivity contribution in [1.82, 2.24) is 4.90 Å². The molecular weight excluding hydrogens is 330 g/mol. The van der Waals surface area contributed by atoms with Gasteiger partial charge >= 0.3 is 0 Å². The topological polar surface area (TPSA) is 20.3 Å². The lowest BCUT2D eigenvalue weighted by molar-refractivity contribution is 0.0782. The van der Waals surface area contributed by atoms with Crippen LogP contribution in [-0.2, 0) is 6.54 Å². The molecule has 0 aliphatic heterocycles. The third kappa shape index (κ3) is 3.16. The third-order valence-corrected chi connectivity index (χ3v) is 4.13. The van der Waals surface area contributed by atoms with E-state index in [0.717, 1.165) is 10.0 Å². The maximum absolute atomic E-state index is 12.3. The lowest BCUT2D eigenvalue weighted by Crippen LogP contribution is -2.26. The molecule has 0 N–H and O–H groups in total. The van der Waals surface area contributed by atoms with Gasteiger partial charge in [0.1, 0.15) is 0 Å². The summed E-state index contributed by atoms with van der Waals surface area (Å²) in [5.41, 5.74) is 1.77. The molecule has 1 aromatic carbocycles. The highest BCUT2D eigenvalue weighted by molar-refractivity contribution is 9.10. The molecular formula is C13H12BrNOS2. The number of halogens is 1. The van der Waals surface area contributed by atoms with E-state index < -0.39 is 0 Å². The molecule has 0 fully saturated rings. The Morgan fingerprint density at radius 3 is 2.83 bits per heavy atom. The van der Waals surface area contributed by atoms with Crippen molar-refractivity contribution in [2.45, 2.75) is 11.4 Å². The van der Waals surface area contributed by atoms with E-state index in [1.54, 1.807) is 29.4 Å². The number of thiophene rings is 1. The number of nitrogens with zero attached hydrogens (tertiary/aromatic N) is 1. The van der Waals surface area contributed by atoms with Crippen LogP contribution in [-0.4, -0.2) is 17.9 Å². The minimum atomic E-state index is -0.0151. The van der Waals surface area contributed by atoms with Crippen molar-refractivity contribution in [1.29, 1.82) is 0 Å². The predicted octanol–water partition coefficient (Wildman–Crippen LogP) is 4.07. The molecule has 0 aliphatic carbocycles. The number of thiol groups is 1. The summed E-state index contributed by atoms with van der Waals surface area (Å²) in [6, 6.07) is 7.50. The van der Waals surface area contributed by atoms with Crippen LogP contribution in [0.15, 0.2) is 44.4 Å². The zero-order chi connectivity index (χ0) is 13.1. The lowest BCUT2D eigenvalue weighted by Gasteiger charge is -2.17. The van der Waals surface area contributed by atoms with Crippen LogP contribution in [0.2, 0.25) is 0 Å². The fraction of sp³-hybridized carbons (Fsp3) is 0.154. The first-order valence-electron chi connectivity index (χ1n) is 5.33. The molecule has 1 aromatic heterocycles. The van der Waals surface area contributed by atoms with Gasteiger partial charge in [0.15, 0.2) is 0 Å². The zero-order valence-corrected chi connectivity index (χ0v) is 13.1. The van der Waals surface area contributed by atoms with Gasteiger partial charge in [0, 0.05) is 23.0 Å². The van der Waals surface area contributed by atoms with Gasteiger partial charge in [-0.05, 0) is 40.6 Å². The van der Waals surface area contributed by atoms with Crippen molar-refractivity contribution in [3.63, 3.8) is 0 Å². The first-order valence-corrected chi connectivity index (χ1v) is 7.51. The van der Waals surface area contributed by atoms with Gasteiger partial charge in [-0.15, -0.1) is 12.6 Å². The second-order valence-electron chi connectivity index (χ2n) is 3.95. The molecule has 0 radical (unpaired) electrons. The molecule has 0 saturated carbocycles. The molecule has 1 amide bonds. The van der Waals surface area contributed by atoms with Crippen LogP contribution in [0.5, 0.6) is 0 Å². The van der Waals surface area contributed by atoms with Crippen molar-refractivity contribution in [2.75, 3.05) is 7.05 Å². The van der Waals surface area contributed by atoms with E-state index in [1.165, 1.54) is 0 Å². The Hall–Kier alpha value is -0.780. The van der Waals surface area contributed by atoms with Gasteiger partial charge in [-0.25, -0.2) is 0 Å². The molecule has 0 atom stereocenters. The summed E-state index contributed by atoms with van der Waals surface area (Å²) in [5.74, 6) is -0.0151.